The van der Waals surface area contributed by atoms with E-state index in [4.69, 9.17) is 18.8 Å². The van der Waals surface area contributed by atoms with Gasteiger partial charge in [0.25, 0.3) is 0 Å². The maximum absolute atomic E-state index is 6.17. The van der Waals surface area contributed by atoms with Gasteiger partial charge in [0, 0.05) is 33.3 Å². The van der Waals surface area contributed by atoms with E-state index in [9.17, 15) is 0 Å². The van der Waals surface area contributed by atoms with Crippen LogP contribution in [0.1, 0.15) is 72.2 Å². The summed E-state index contributed by atoms with van der Waals surface area (Å²) in [5.41, 5.74) is 30.9. The van der Waals surface area contributed by atoms with Crippen LogP contribution in [0.3, 0.4) is 0 Å². The fourth-order valence-corrected chi connectivity index (χ4v) is 15.3. The van der Waals surface area contributed by atoms with E-state index in [2.05, 4.69) is 256 Å². The molecular weight excluding hydrogens is 1060 g/mol. The molecule has 18 rings (SSSR count). The highest BCUT2D eigenvalue weighted by Gasteiger charge is 2.53. The highest BCUT2D eigenvalue weighted by molar-refractivity contribution is 5.99. The molecule has 4 heterocycles. The molecule has 2 aromatic heterocycles. The number of fused-ring (bicyclic) bond motifs is 16. The van der Waals surface area contributed by atoms with Crippen LogP contribution in [0.5, 0.6) is 0 Å². The van der Waals surface area contributed by atoms with Gasteiger partial charge in [0.05, 0.1) is 28.2 Å². The largest absolute Gasteiger partial charge is 0.436 e. The monoisotopic (exact) mass is 1120 g/mol. The van der Waals surface area contributed by atoms with E-state index in [0.717, 1.165) is 67.0 Å². The van der Waals surface area contributed by atoms with Crippen LogP contribution in [-0.2, 0) is 16.2 Å². The number of anilines is 6. The van der Waals surface area contributed by atoms with Crippen LogP contribution in [0, 0.1) is 0 Å². The second-order valence-corrected chi connectivity index (χ2v) is 24.8. The van der Waals surface area contributed by atoms with Gasteiger partial charge in [-0.15, -0.1) is 0 Å². The first-order valence-corrected chi connectivity index (χ1v) is 30.1. The van der Waals surface area contributed by atoms with Crippen molar-refractivity contribution < 1.29 is 8.83 Å². The quantitative estimate of drug-likeness (QED) is 0.165. The molecule has 0 N–H and O–H groups in total. The average molecular weight is 1120 g/mol. The average Bonchev–Trinajstić information content (AvgIpc) is 1.54. The summed E-state index contributed by atoms with van der Waals surface area (Å²) in [6, 6.07) is 98.1. The predicted octanol–water partition coefficient (Wildman–Crippen LogP) is 21.2. The Labute approximate surface area is 505 Å². The van der Waals surface area contributed by atoms with Crippen molar-refractivity contribution in [3.8, 4) is 67.4 Å². The molecule has 0 unspecified atom stereocenters. The number of aromatic nitrogens is 2. The summed E-state index contributed by atoms with van der Waals surface area (Å²) in [5.74, 6) is 1.25. The Morgan fingerprint density at radius 3 is 1.06 bits per heavy atom. The highest BCUT2D eigenvalue weighted by Crippen LogP contribution is 2.65. The van der Waals surface area contributed by atoms with Crippen LogP contribution in [0.15, 0.2) is 276 Å². The van der Waals surface area contributed by atoms with Crippen molar-refractivity contribution in [2.24, 2.45) is 0 Å². The standard InChI is InChI=1S/C81H56N4O2/c1-79(2)63-21-9-13-25-71(63)84(73-43-37-53(45-67(73)79)49-29-33-51(34-30-49)77-82-69-23-11-15-27-75(69)86-77)55-39-41-59-60-42-40-56(48-66(60)81(65(59)47-55)61-19-7-5-17-57(61)58-18-6-8-20-62(58)81)85-72-26-14-10-22-64(72)80(3,4)68-46-54(38-44-74(68)85)50-31-35-52(36-32-50)78-83-70-24-12-16-28-76(70)87-78/h5-48H,1-4H3. The van der Waals surface area contributed by atoms with Gasteiger partial charge in [-0.05, 0) is 198 Å². The summed E-state index contributed by atoms with van der Waals surface area (Å²) in [5, 5.41) is 0. The van der Waals surface area contributed by atoms with E-state index in [1.54, 1.807) is 0 Å². The van der Waals surface area contributed by atoms with Gasteiger partial charge in [-0.1, -0.05) is 185 Å². The Hall–Kier alpha value is -10.8. The molecule has 0 radical (unpaired) electrons. The van der Waals surface area contributed by atoms with E-state index < -0.39 is 5.41 Å². The Kier molecular flexibility index (Phi) is 10.3. The number of benzene rings is 12. The highest BCUT2D eigenvalue weighted by atomic mass is 16.4. The van der Waals surface area contributed by atoms with Crippen molar-refractivity contribution in [3.05, 3.63) is 311 Å². The van der Waals surface area contributed by atoms with Gasteiger partial charge < -0.3 is 18.6 Å². The molecular formula is C81H56N4O2. The zero-order chi connectivity index (χ0) is 57.9. The molecule has 6 heteroatoms. The normalized spacial score (nSPS) is 14.9. The molecule has 0 amide bonds. The lowest BCUT2D eigenvalue weighted by Crippen LogP contribution is -2.31. The number of hydrogen-bond acceptors (Lipinski definition) is 6. The van der Waals surface area contributed by atoms with Crippen LogP contribution >= 0.6 is 0 Å². The summed E-state index contributed by atoms with van der Waals surface area (Å²) in [7, 11) is 0. The van der Waals surface area contributed by atoms with Gasteiger partial charge in [-0.2, -0.15) is 0 Å². The third kappa shape index (κ3) is 7.04. The fraction of sp³-hybridized carbons (Fsp3) is 0.0864. The summed E-state index contributed by atoms with van der Waals surface area (Å²) >= 11 is 0. The van der Waals surface area contributed by atoms with Crippen LogP contribution in [0.2, 0.25) is 0 Å². The first kappa shape index (κ1) is 49.6. The molecule has 0 fully saturated rings. The number of oxazole rings is 2. The van der Waals surface area contributed by atoms with E-state index in [-0.39, 0.29) is 10.8 Å². The molecule has 87 heavy (non-hydrogen) atoms. The first-order chi connectivity index (χ1) is 42.6. The lowest BCUT2D eigenvalue weighted by Gasteiger charge is -2.43. The van der Waals surface area contributed by atoms with Gasteiger partial charge in [0.2, 0.25) is 11.8 Å². The minimum atomic E-state index is -0.624. The number of nitrogens with zero attached hydrogens (tertiary/aromatic N) is 4. The van der Waals surface area contributed by atoms with Gasteiger partial charge in [-0.3, -0.25) is 0 Å². The summed E-state index contributed by atoms with van der Waals surface area (Å²) in [4.78, 5) is 14.6. The molecule has 12 aromatic carbocycles. The minimum absolute atomic E-state index is 0.298. The molecule has 4 aliphatic rings. The minimum Gasteiger partial charge on any atom is -0.436 e. The van der Waals surface area contributed by atoms with Crippen LogP contribution in [0.4, 0.5) is 34.1 Å². The number of hydrogen-bond donors (Lipinski definition) is 0. The van der Waals surface area contributed by atoms with E-state index in [1.165, 1.54) is 89.5 Å². The summed E-state index contributed by atoms with van der Waals surface area (Å²) < 4.78 is 12.3. The van der Waals surface area contributed by atoms with Crippen LogP contribution in [0.25, 0.3) is 89.6 Å². The summed E-state index contributed by atoms with van der Waals surface area (Å²) in [6.45, 7) is 9.50. The third-order valence-corrected chi connectivity index (χ3v) is 19.5. The topological polar surface area (TPSA) is 58.5 Å². The van der Waals surface area contributed by atoms with Crippen molar-refractivity contribution in [2.45, 2.75) is 43.9 Å². The molecule has 0 saturated carbocycles. The fourth-order valence-electron chi connectivity index (χ4n) is 15.3. The van der Waals surface area contributed by atoms with E-state index in [0.29, 0.717) is 11.8 Å². The molecule has 0 bridgehead atoms. The zero-order valence-electron chi connectivity index (χ0n) is 48.5. The van der Waals surface area contributed by atoms with Crippen molar-refractivity contribution in [1.82, 2.24) is 9.97 Å². The van der Waals surface area contributed by atoms with Crippen molar-refractivity contribution in [2.75, 3.05) is 9.80 Å². The second-order valence-electron chi connectivity index (χ2n) is 24.8. The first-order valence-electron chi connectivity index (χ1n) is 30.1. The molecule has 2 aliphatic carbocycles. The molecule has 0 atom stereocenters. The van der Waals surface area contributed by atoms with Crippen molar-refractivity contribution >= 4 is 56.3 Å². The Bertz CT molecular complexity index is 4810. The predicted molar refractivity (Wildman–Crippen MR) is 353 cm³/mol. The zero-order valence-corrected chi connectivity index (χ0v) is 48.5. The maximum atomic E-state index is 6.17. The molecule has 1 spiro atoms. The van der Waals surface area contributed by atoms with Gasteiger partial charge in [0.15, 0.2) is 11.2 Å². The molecule has 412 valence electrons. The number of rotatable bonds is 6. The Balaban J connectivity index is 0.774. The van der Waals surface area contributed by atoms with Gasteiger partial charge >= 0.3 is 0 Å². The Morgan fingerprint density at radius 1 is 0.276 bits per heavy atom. The Morgan fingerprint density at radius 2 is 0.621 bits per heavy atom. The van der Waals surface area contributed by atoms with E-state index >= 15 is 0 Å². The van der Waals surface area contributed by atoms with Crippen molar-refractivity contribution in [1.29, 1.82) is 0 Å². The maximum Gasteiger partial charge on any atom is 0.227 e. The van der Waals surface area contributed by atoms with Gasteiger partial charge in [0.1, 0.15) is 11.0 Å². The smallest absolute Gasteiger partial charge is 0.227 e. The van der Waals surface area contributed by atoms with Crippen molar-refractivity contribution in [3.63, 3.8) is 0 Å². The van der Waals surface area contributed by atoms with Gasteiger partial charge in [-0.25, -0.2) is 9.97 Å². The molecule has 6 nitrogen and oxygen atoms in total. The lowest BCUT2D eigenvalue weighted by atomic mass is 9.70. The van der Waals surface area contributed by atoms with Crippen LogP contribution in [-0.4, -0.2) is 9.97 Å². The van der Waals surface area contributed by atoms with Crippen LogP contribution < -0.4 is 9.80 Å². The second kappa shape index (κ2) is 18.1. The van der Waals surface area contributed by atoms with E-state index in [1.807, 2.05) is 48.5 Å². The third-order valence-electron chi connectivity index (χ3n) is 19.5. The number of para-hydroxylation sites is 6. The summed E-state index contributed by atoms with van der Waals surface area (Å²) in [6.07, 6.45) is 0. The SMILES string of the molecule is CC1(C)c2ccccc2N(c2ccc3c(c2)C2(c4ccccc4-c4ccccc42)c2cc(N4c5ccccc5C(C)(C)c5cc(-c6ccc(-c7nc8ccccc8o7)cc6)ccc54)ccc2-3)c2ccc(-c3ccc(-c4nc5ccccc5o4)cc3)cc21. The molecule has 0 saturated heterocycles. The molecule has 14 aromatic rings. The lowest BCUT2D eigenvalue weighted by molar-refractivity contribution is 0.619. The molecule has 2 aliphatic heterocycles.